The van der Waals surface area contributed by atoms with Crippen molar-refractivity contribution in [3.8, 4) is 22.6 Å². The number of esters is 2. The van der Waals surface area contributed by atoms with Crippen LogP contribution in [-0.4, -0.2) is 39.4 Å². The molecule has 0 N–H and O–H groups in total. The van der Waals surface area contributed by atoms with Crippen LogP contribution in [0.5, 0.6) is 11.5 Å². The average molecular weight is 527 g/mol. The molecule has 4 rings (SSSR count). The van der Waals surface area contributed by atoms with E-state index in [1.54, 1.807) is 36.4 Å². The second kappa shape index (κ2) is 10.6. The molecule has 0 saturated carbocycles. The first kappa shape index (κ1) is 25.6. The summed E-state index contributed by atoms with van der Waals surface area (Å²) in [7, 11) is 2.64. The summed E-state index contributed by atoms with van der Waals surface area (Å²) in [5.41, 5.74) is 2.00. The van der Waals surface area contributed by atoms with Gasteiger partial charge >= 0.3 is 11.9 Å². The molecule has 0 aliphatic carbocycles. The van der Waals surface area contributed by atoms with Gasteiger partial charge in [0, 0.05) is 21.2 Å². The fourth-order valence-electron chi connectivity index (χ4n) is 4.35. The Morgan fingerprint density at radius 1 is 0.639 bits per heavy atom. The van der Waals surface area contributed by atoms with Crippen LogP contribution in [0.15, 0.2) is 48.5 Å². The molecule has 4 aromatic carbocycles. The molecular formula is C28H24Cl2O6. The van der Waals surface area contributed by atoms with Crippen LogP contribution in [0.25, 0.3) is 32.7 Å². The molecule has 0 atom stereocenters. The van der Waals surface area contributed by atoms with Gasteiger partial charge in [-0.15, -0.1) is 0 Å². The van der Waals surface area contributed by atoms with Crippen LogP contribution in [-0.2, 0) is 9.47 Å². The topological polar surface area (TPSA) is 71.1 Å². The van der Waals surface area contributed by atoms with Crippen molar-refractivity contribution >= 4 is 56.7 Å². The maximum atomic E-state index is 12.7. The zero-order valence-corrected chi connectivity index (χ0v) is 21.8. The first-order valence-corrected chi connectivity index (χ1v) is 12.0. The van der Waals surface area contributed by atoms with Crippen molar-refractivity contribution < 1.29 is 28.5 Å². The molecule has 186 valence electrons. The van der Waals surface area contributed by atoms with Crippen molar-refractivity contribution in [1.29, 1.82) is 0 Å². The van der Waals surface area contributed by atoms with Crippen LogP contribution in [0.4, 0.5) is 0 Å². The summed E-state index contributed by atoms with van der Waals surface area (Å²) in [5.74, 6) is -0.124. The Labute approximate surface area is 218 Å². The van der Waals surface area contributed by atoms with E-state index in [9.17, 15) is 9.59 Å². The molecule has 0 unspecified atom stereocenters. The summed E-state index contributed by atoms with van der Waals surface area (Å²) < 4.78 is 22.2. The molecular weight excluding hydrogens is 503 g/mol. The molecule has 0 aromatic heterocycles. The highest BCUT2D eigenvalue weighted by Crippen LogP contribution is 2.48. The van der Waals surface area contributed by atoms with Crippen LogP contribution in [0.1, 0.15) is 34.6 Å². The first-order chi connectivity index (χ1) is 17.3. The van der Waals surface area contributed by atoms with Gasteiger partial charge in [0.15, 0.2) is 0 Å². The van der Waals surface area contributed by atoms with Crippen molar-refractivity contribution in [2.45, 2.75) is 13.8 Å². The quantitative estimate of drug-likeness (QED) is 0.234. The minimum Gasteiger partial charge on any atom is -0.493 e. The summed E-state index contributed by atoms with van der Waals surface area (Å²) in [6, 6.07) is 13.9. The van der Waals surface area contributed by atoms with Gasteiger partial charge in [0.25, 0.3) is 0 Å². The van der Waals surface area contributed by atoms with Crippen molar-refractivity contribution in [3.63, 3.8) is 0 Å². The van der Waals surface area contributed by atoms with E-state index in [1.807, 2.05) is 26.0 Å². The fourth-order valence-corrected chi connectivity index (χ4v) is 4.70. The second-order valence-electron chi connectivity index (χ2n) is 7.82. The third-order valence-corrected chi connectivity index (χ3v) is 6.26. The highest BCUT2D eigenvalue weighted by atomic mass is 35.5. The highest BCUT2D eigenvalue weighted by molar-refractivity contribution is 6.32. The van der Waals surface area contributed by atoms with E-state index in [2.05, 4.69) is 0 Å². The molecule has 0 saturated heterocycles. The molecule has 0 radical (unpaired) electrons. The molecule has 0 amide bonds. The van der Waals surface area contributed by atoms with E-state index in [4.69, 9.17) is 42.1 Å². The number of benzene rings is 4. The van der Waals surface area contributed by atoms with Gasteiger partial charge in [-0.1, -0.05) is 35.3 Å². The van der Waals surface area contributed by atoms with Crippen LogP contribution in [0, 0.1) is 0 Å². The van der Waals surface area contributed by atoms with Crippen molar-refractivity contribution in [3.05, 3.63) is 69.7 Å². The lowest BCUT2D eigenvalue weighted by atomic mass is 9.88. The van der Waals surface area contributed by atoms with Gasteiger partial charge < -0.3 is 18.9 Å². The summed E-state index contributed by atoms with van der Waals surface area (Å²) in [4.78, 5) is 25.4. The summed E-state index contributed by atoms with van der Waals surface area (Å²) in [5, 5.41) is 3.52. The zero-order chi connectivity index (χ0) is 26.0. The van der Waals surface area contributed by atoms with E-state index < -0.39 is 11.9 Å². The number of methoxy groups -OCH3 is 2. The first-order valence-electron chi connectivity index (χ1n) is 11.3. The summed E-state index contributed by atoms with van der Waals surface area (Å²) in [6.45, 7) is 4.41. The standard InChI is InChI=1S/C28H24Cl2O6/c1-5-35-23-13-21(27(31)33-3)19-11-15(29)7-9-17(19)25(23)26-18-10-8-16(30)12-20(18)22(28(32)34-4)14-24(26)36-6-2/h7-14H,5-6H2,1-4H3. The predicted octanol–water partition coefficient (Wildman–Crippen LogP) is 7.34. The number of hydrogen-bond acceptors (Lipinski definition) is 6. The monoisotopic (exact) mass is 526 g/mol. The minimum absolute atomic E-state index is 0.318. The molecule has 8 heteroatoms. The van der Waals surface area contributed by atoms with E-state index in [1.165, 1.54) is 14.2 Å². The molecule has 0 aliphatic heterocycles. The molecule has 36 heavy (non-hydrogen) atoms. The van der Waals surface area contributed by atoms with Gasteiger partial charge in [-0.2, -0.15) is 0 Å². The molecule has 0 heterocycles. The molecule has 4 aromatic rings. The van der Waals surface area contributed by atoms with E-state index >= 15 is 0 Å². The lowest BCUT2D eigenvalue weighted by Gasteiger charge is -2.21. The van der Waals surface area contributed by atoms with Gasteiger partial charge in [0.1, 0.15) is 11.5 Å². The Kier molecular flexibility index (Phi) is 7.57. The van der Waals surface area contributed by atoms with Crippen LogP contribution < -0.4 is 9.47 Å². The Morgan fingerprint density at radius 2 is 1.03 bits per heavy atom. The fraction of sp³-hybridized carbons (Fsp3) is 0.214. The largest absolute Gasteiger partial charge is 0.493 e. The Morgan fingerprint density at radius 3 is 1.36 bits per heavy atom. The van der Waals surface area contributed by atoms with Crippen molar-refractivity contribution in [1.82, 2.24) is 0 Å². The average Bonchev–Trinajstić information content (AvgIpc) is 2.87. The van der Waals surface area contributed by atoms with Gasteiger partial charge in [0.2, 0.25) is 0 Å². The lowest BCUT2D eigenvalue weighted by molar-refractivity contribution is 0.0593. The number of carbonyl (C=O) groups excluding carboxylic acids is 2. The highest BCUT2D eigenvalue weighted by Gasteiger charge is 2.26. The van der Waals surface area contributed by atoms with Crippen LogP contribution >= 0.6 is 23.2 Å². The Hall–Kier alpha value is -3.48. The van der Waals surface area contributed by atoms with Crippen molar-refractivity contribution in [2.24, 2.45) is 0 Å². The number of halogens is 2. The maximum Gasteiger partial charge on any atom is 0.338 e. The summed E-state index contributed by atoms with van der Waals surface area (Å²) >= 11 is 12.7. The van der Waals surface area contributed by atoms with Gasteiger partial charge in [-0.05, 0) is 71.8 Å². The SMILES string of the molecule is CCOc1cc(C(=O)OC)c2cc(Cl)ccc2c1-c1c(OCC)cc(C(=O)OC)c2cc(Cl)ccc12. The third-order valence-electron chi connectivity index (χ3n) is 5.79. The number of hydrogen-bond donors (Lipinski definition) is 0. The van der Waals surface area contributed by atoms with E-state index in [-0.39, 0.29) is 0 Å². The molecule has 0 fully saturated rings. The zero-order valence-electron chi connectivity index (χ0n) is 20.2. The predicted molar refractivity (Wildman–Crippen MR) is 142 cm³/mol. The Balaban J connectivity index is 2.24. The molecule has 6 nitrogen and oxygen atoms in total. The maximum absolute atomic E-state index is 12.7. The van der Waals surface area contributed by atoms with Gasteiger partial charge in [0.05, 0.1) is 38.6 Å². The third kappa shape index (κ3) is 4.54. The Bertz CT molecular complexity index is 1380. The normalized spacial score (nSPS) is 10.9. The number of carbonyl (C=O) groups is 2. The van der Waals surface area contributed by atoms with Crippen LogP contribution in [0.3, 0.4) is 0 Å². The smallest absolute Gasteiger partial charge is 0.338 e. The lowest BCUT2D eigenvalue weighted by Crippen LogP contribution is -2.07. The van der Waals surface area contributed by atoms with Gasteiger partial charge in [-0.25, -0.2) is 9.59 Å². The van der Waals surface area contributed by atoms with Gasteiger partial charge in [-0.3, -0.25) is 0 Å². The molecule has 0 aliphatic rings. The number of fused-ring (bicyclic) bond motifs is 2. The molecule has 0 bridgehead atoms. The van der Waals surface area contributed by atoms with E-state index in [0.29, 0.717) is 78.6 Å². The minimum atomic E-state index is -0.516. The second-order valence-corrected chi connectivity index (χ2v) is 8.70. The van der Waals surface area contributed by atoms with Crippen LogP contribution in [0.2, 0.25) is 10.0 Å². The summed E-state index contributed by atoms with van der Waals surface area (Å²) in [6.07, 6.45) is 0. The number of ether oxygens (including phenoxy) is 4. The number of rotatable bonds is 7. The van der Waals surface area contributed by atoms with E-state index in [0.717, 1.165) is 0 Å². The van der Waals surface area contributed by atoms with Crippen molar-refractivity contribution in [2.75, 3.05) is 27.4 Å². The molecule has 0 spiro atoms.